The lowest BCUT2D eigenvalue weighted by molar-refractivity contribution is 0.186. The number of fused-ring (bicyclic) bond motifs is 1. The van der Waals surface area contributed by atoms with Crippen LogP contribution in [0.15, 0.2) is 23.6 Å². The van der Waals surface area contributed by atoms with Crippen molar-refractivity contribution in [1.29, 1.82) is 0 Å². The van der Waals surface area contributed by atoms with Crippen molar-refractivity contribution in [1.82, 2.24) is 0 Å². The van der Waals surface area contributed by atoms with Gasteiger partial charge in [0.1, 0.15) is 5.82 Å². The number of rotatable bonds is 2. The van der Waals surface area contributed by atoms with Crippen molar-refractivity contribution < 1.29 is 9.13 Å². The Morgan fingerprint density at radius 1 is 1.46 bits per heavy atom. The van der Waals surface area contributed by atoms with Crippen LogP contribution in [0.1, 0.15) is 5.56 Å². The van der Waals surface area contributed by atoms with Crippen LogP contribution in [0.25, 0.3) is 10.1 Å². The summed E-state index contributed by atoms with van der Waals surface area (Å²) in [6, 6.07) is 4.84. The van der Waals surface area contributed by atoms with Crippen molar-refractivity contribution in [2.45, 2.75) is 6.61 Å². The summed E-state index contributed by atoms with van der Waals surface area (Å²) < 4.78 is 19.0. The molecule has 2 aromatic rings. The first-order valence-corrected chi connectivity index (χ1v) is 4.84. The predicted molar refractivity (Wildman–Crippen MR) is 52.5 cm³/mol. The van der Waals surface area contributed by atoms with Crippen LogP contribution in [-0.2, 0) is 11.3 Å². The summed E-state index contributed by atoms with van der Waals surface area (Å²) in [6.45, 7) is 0.545. The van der Waals surface area contributed by atoms with Gasteiger partial charge in [-0.3, -0.25) is 0 Å². The quantitative estimate of drug-likeness (QED) is 0.716. The largest absolute Gasteiger partial charge is 0.380 e. The highest BCUT2D eigenvalue weighted by Gasteiger charge is 2.04. The Morgan fingerprint density at radius 2 is 2.31 bits per heavy atom. The second kappa shape index (κ2) is 3.44. The molecule has 0 fully saturated rings. The van der Waals surface area contributed by atoms with Gasteiger partial charge in [-0.25, -0.2) is 4.39 Å². The Kier molecular flexibility index (Phi) is 2.29. The van der Waals surface area contributed by atoms with Crippen molar-refractivity contribution in [3.8, 4) is 0 Å². The summed E-state index contributed by atoms with van der Waals surface area (Å²) in [7, 11) is 1.64. The average Bonchev–Trinajstić information content (AvgIpc) is 2.49. The van der Waals surface area contributed by atoms with E-state index in [1.165, 1.54) is 6.07 Å². The fourth-order valence-corrected chi connectivity index (χ4v) is 2.25. The maximum absolute atomic E-state index is 12.9. The topological polar surface area (TPSA) is 9.23 Å². The number of thiophene rings is 1. The van der Waals surface area contributed by atoms with E-state index in [4.69, 9.17) is 4.74 Å². The van der Waals surface area contributed by atoms with Crippen LogP contribution < -0.4 is 0 Å². The summed E-state index contributed by atoms with van der Waals surface area (Å²) in [4.78, 5) is 0. The molecule has 3 heteroatoms. The molecule has 0 aliphatic rings. The van der Waals surface area contributed by atoms with E-state index >= 15 is 0 Å². The van der Waals surface area contributed by atoms with Gasteiger partial charge < -0.3 is 4.74 Å². The molecular formula is C10H9FOS. The lowest BCUT2D eigenvalue weighted by Crippen LogP contribution is -1.84. The van der Waals surface area contributed by atoms with Crippen LogP contribution in [-0.4, -0.2) is 7.11 Å². The van der Waals surface area contributed by atoms with Gasteiger partial charge in [0.25, 0.3) is 0 Å². The van der Waals surface area contributed by atoms with Crippen LogP contribution in [0.3, 0.4) is 0 Å². The molecule has 0 aliphatic carbocycles. The summed E-state index contributed by atoms with van der Waals surface area (Å²) in [6.07, 6.45) is 0. The molecule has 0 saturated heterocycles. The van der Waals surface area contributed by atoms with Gasteiger partial charge in [-0.05, 0) is 29.1 Å². The third kappa shape index (κ3) is 1.57. The Hall–Kier alpha value is -0.930. The third-order valence-electron chi connectivity index (χ3n) is 1.92. The monoisotopic (exact) mass is 196 g/mol. The van der Waals surface area contributed by atoms with Crippen LogP contribution in [0, 0.1) is 5.82 Å². The lowest BCUT2D eigenvalue weighted by Gasteiger charge is -1.96. The number of benzene rings is 1. The minimum absolute atomic E-state index is 0.191. The minimum atomic E-state index is -0.191. The minimum Gasteiger partial charge on any atom is -0.380 e. The number of halogens is 1. The fraction of sp³-hybridized carbons (Fsp3) is 0.200. The van der Waals surface area contributed by atoms with Gasteiger partial charge in [-0.15, -0.1) is 11.3 Å². The highest BCUT2D eigenvalue weighted by Crippen LogP contribution is 2.26. The van der Waals surface area contributed by atoms with Gasteiger partial charge in [0.05, 0.1) is 6.61 Å². The molecule has 0 spiro atoms. The first-order valence-electron chi connectivity index (χ1n) is 3.96. The summed E-state index contributed by atoms with van der Waals surface area (Å²) >= 11 is 1.62. The molecule has 0 unspecified atom stereocenters. The molecule has 1 nitrogen and oxygen atoms in total. The second-order valence-electron chi connectivity index (χ2n) is 2.83. The van der Waals surface area contributed by atoms with E-state index in [-0.39, 0.29) is 5.82 Å². The van der Waals surface area contributed by atoms with Crippen LogP contribution in [0.4, 0.5) is 4.39 Å². The van der Waals surface area contributed by atoms with E-state index in [0.29, 0.717) is 6.61 Å². The summed E-state index contributed by atoms with van der Waals surface area (Å²) in [5, 5.41) is 2.97. The van der Waals surface area contributed by atoms with Crippen LogP contribution in [0.5, 0.6) is 0 Å². The van der Waals surface area contributed by atoms with Crippen LogP contribution in [0.2, 0.25) is 0 Å². The van der Waals surface area contributed by atoms with Crippen molar-refractivity contribution in [2.75, 3.05) is 7.11 Å². The lowest BCUT2D eigenvalue weighted by atomic mass is 10.2. The highest BCUT2D eigenvalue weighted by molar-refractivity contribution is 7.17. The van der Waals surface area contributed by atoms with Crippen molar-refractivity contribution in [3.05, 3.63) is 35.0 Å². The molecule has 1 heterocycles. The molecule has 0 amide bonds. The van der Waals surface area contributed by atoms with Gasteiger partial charge in [0.2, 0.25) is 0 Å². The van der Waals surface area contributed by atoms with E-state index in [9.17, 15) is 4.39 Å². The number of ether oxygens (including phenoxy) is 1. The maximum Gasteiger partial charge on any atom is 0.123 e. The van der Waals surface area contributed by atoms with E-state index < -0.39 is 0 Å². The smallest absolute Gasteiger partial charge is 0.123 e. The Morgan fingerprint density at radius 3 is 3.08 bits per heavy atom. The molecule has 0 N–H and O–H groups in total. The first-order chi connectivity index (χ1) is 6.31. The Bertz CT molecular complexity index is 422. The van der Waals surface area contributed by atoms with E-state index in [0.717, 1.165) is 15.6 Å². The molecular weight excluding hydrogens is 187 g/mol. The summed E-state index contributed by atoms with van der Waals surface area (Å²) in [5.74, 6) is -0.191. The van der Waals surface area contributed by atoms with Gasteiger partial charge >= 0.3 is 0 Å². The van der Waals surface area contributed by atoms with Crippen molar-refractivity contribution in [3.63, 3.8) is 0 Å². The number of methoxy groups -OCH3 is 1. The van der Waals surface area contributed by atoms with Crippen molar-refractivity contribution >= 4 is 21.4 Å². The second-order valence-corrected chi connectivity index (χ2v) is 3.75. The molecule has 68 valence electrons. The molecule has 0 bridgehead atoms. The Balaban J connectivity index is 2.58. The molecule has 0 aliphatic heterocycles. The van der Waals surface area contributed by atoms with E-state index in [1.54, 1.807) is 30.6 Å². The molecule has 1 aromatic heterocycles. The van der Waals surface area contributed by atoms with Crippen molar-refractivity contribution in [2.24, 2.45) is 0 Å². The SMILES string of the molecule is COCc1csc2ccc(F)cc12. The standard InChI is InChI=1S/C10H9FOS/c1-12-5-7-6-13-10-3-2-8(11)4-9(7)10/h2-4,6H,5H2,1H3. The molecule has 13 heavy (non-hydrogen) atoms. The normalized spacial score (nSPS) is 10.9. The molecule has 1 aromatic carbocycles. The third-order valence-corrected chi connectivity index (χ3v) is 2.93. The molecule has 0 saturated carbocycles. The first kappa shape index (κ1) is 8.66. The van der Waals surface area contributed by atoms with E-state index in [1.807, 2.05) is 5.38 Å². The molecule has 0 radical (unpaired) electrons. The molecule has 0 atom stereocenters. The van der Waals surface area contributed by atoms with Gasteiger partial charge in [-0.1, -0.05) is 0 Å². The zero-order chi connectivity index (χ0) is 9.26. The van der Waals surface area contributed by atoms with Gasteiger partial charge in [0, 0.05) is 17.2 Å². The van der Waals surface area contributed by atoms with Gasteiger partial charge in [0.15, 0.2) is 0 Å². The maximum atomic E-state index is 12.9. The molecule has 2 rings (SSSR count). The average molecular weight is 196 g/mol. The number of hydrogen-bond donors (Lipinski definition) is 0. The van der Waals surface area contributed by atoms with E-state index in [2.05, 4.69) is 0 Å². The zero-order valence-electron chi connectivity index (χ0n) is 7.21. The number of hydrogen-bond acceptors (Lipinski definition) is 2. The van der Waals surface area contributed by atoms with Crippen LogP contribution >= 0.6 is 11.3 Å². The Labute approximate surface area is 79.8 Å². The van der Waals surface area contributed by atoms with Gasteiger partial charge in [-0.2, -0.15) is 0 Å². The highest BCUT2D eigenvalue weighted by atomic mass is 32.1. The zero-order valence-corrected chi connectivity index (χ0v) is 8.03. The predicted octanol–water partition coefficient (Wildman–Crippen LogP) is 3.19. The fourth-order valence-electron chi connectivity index (χ4n) is 1.32. The summed E-state index contributed by atoms with van der Waals surface area (Å²) in [5.41, 5.74) is 1.06.